The van der Waals surface area contributed by atoms with Crippen LogP contribution in [0, 0.1) is 6.92 Å². The average molecular weight is 337 g/mol. The number of rotatable bonds is 4. The number of carbonyl (C=O) groups excluding carboxylic acids is 2. The lowest BCUT2D eigenvalue weighted by atomic mass is 10.2. The number of hydrogen-bond acceptors (Lipinski definition) is 2. The lowest BCUT2D eigenvalue weighted by Gasteiger charge is -2.08. The van der Waals surface area contributed by atoms with Gasteiger partial charge in [0.1, 0.15) is 0 Å². The molecule has 0 bridgehead atoms. The van der Waals surface area contributed by atoms with E-state index in [1.165, 1.54) is 6.07 Å². The highest BCUT2D eigenvalue weighted by Crippen LogP contribution is 2.19. The summed E-state index contributed by atoms with van der Waals surface area (Å²) in [4.78, 5) is 23.7. The van der Waals surface area contributed by atoms with Crippen molar-refractivity contribution >= 4 is 40.7 Å². The Morgan fingerprint density at radius 3 is 2.55 bits per heavy atom. The summed E-state index contributed by atoms with van der Waals surface area (Å²) in [6, 6.07) is 11.7. The lowest BCUT2D eigenvalue weighted by molar-refractivity contribution is -0.115. The van der Waals surface area contributed by atoms with Crippen LogP contribution in [0.25, 0.3) is 0 Å². The zero-order valence-electron chi connectivity index (χ0n) is 11.8. The van der Waals surface area contributed by atoms with Crippen molar-refractivity contribution in [2.75, 3.05) is 11.9 Å². The number of halogens is 2. The topological polar surface area (TPSA) is 58.2 Å². The second kappa shape index (κ2) is 7.29. The Morgan fingerprint density at radius 2 is 1.86 bits per heavy atom. The first-order valence-electron chi connectivity index (χ1n) is 6.55. The number of carbonyl (C=O) groups is 2. The highest BCUT2D eigenvalue weighted by atomic mass is 35.5. The Bertz CT molecular complexity index is 717. The summed E-state index contributed by atoms with van der Waals surface area (Å²) in [5.74, 6) is -0.699. The molecule has 0 aliphatic rings. The first kappa shape index (κ1) is 16.3. The van der Waals surface area contributed by atoms with Crippen LogP contribution in [0.5, 0.6) is 0 Å². The highest BCUT2D eigenvalue weighted by molar-refractivity contribution is 6.31. The zero-order valence-corrected chi connectivity index (χ0v) is 13.3. The van der Waals surface area contributed by atoms with Crippen LogP contribution in [0.3, 0.4) is 0 Å². The van der Waals surface area contributed by atoms with Gasteiger partial charge in [-0.3, -0.25) is 9.59 Å². The van der Waals surface area contributed by atoms with E-state index in [1.807, 2.05) is 13.0 Å². The molecule has 0 aromatic heterocycles. The summed E-state index contributed by atoms with van der Waals surface area (Å²) in [6.07, 6.45) is 0. The monoisotopic (exact) mass is 336 g/mol. The van der Waals surface area contributed by atoms with Crippen molar-refractivity contribution in [2.45, 2.75) is 6.92 Å². The first-order valence-corrected chi connectivity index (χ1v) is 7.31. The van der Waals surface area contributed by atoms with Gasteiger partial charge >= 0.3 is 0 Å². The van der Waals surface area contributed by atoms with Crippen molar-refractivity contribution in [3.8, 4) is 0 Å². The van der Waals surface area contributed by atoms with Crippen LogP contribution in [0.4, 0.5) is 5.69 Å². The van der Waals surface area contributed by atoms with Gasteiger partial charge in [0.05, 0.1) is 6.54 Å². The van der Waals surface area contributed by atoms with Gasteiger partial charge in [-0.25, -0.2) is 0 Å². The van der Waals surface area contributed by atoms with Crippen molar-refractivity contribution < 1.29 is 9.59 Å². The molecule has 0 aliphatic heterocycles. The van der Waals surface area contributed by atoms with Crippen molar-refractivity contribution in [1.82, 2.24) is 5.32 Å². The van der Waals surface area contributed by atoms with Crippen molar-refractivity contribution in [3.63, 3.8) is 0 Å². The van der Waals surface area contributed by atoms with E-state index in [0.29, 0.717) is 21.3 Å². The summed E-state index contributed by atoms with van der Waals surface area (Å²) < 4.78 is 0. The van der Waals surface area contributed by atoms with E-state index in [9.17, 15) is 9.59 Å². The summed E-state index contributed by atoms with van der Waals surface area (Å²) >= 11 is 11.8. The molecule has 0 fully saturated rings. The maximum Gasteiger partial charge on any atom is 0.251 e. The Hall–Kier alpha value is -2.04. The van der Waals surface area contributed by atoms with E-state index in [2.05, 4.69) is 10.6 Å². The summed E-state index contributed by atoms with van der Waals surface area (Å²) in [6.45, 7) is 1.73. The molecule has 0 spiro atoms. The molecule has 2 amide bonds. The van der Waals surface area contributed by atoms with Gasteiger partial charge in [0.2, 0.25) is 5.91 Å². The number of nitrogens with one attached hydrogen (secondary N) is 2. The molecule has 0 atom stereocenters. The Labute approximate surface area is 138 Å². The molecule has 0 unspecified atom stereocenters. The molecule has 2 aromatic rings. The van der Waals surface area contributed by atoms with Gasteiger partial charge in [0, 0.05) is 21.3 Å². The SMILES string of the molecule is Cc1ccc(NC(=O)CNC(=O)c2cccc(Cl)c2)cc1Cl. The second-order valence-corrected chi connectivity index (χ2v) is 5.55. The molecule has 0 saturated carbocycles. The molecule has 0 saturated heterocycles. The first-order chi connectivity index (χ1) is 10.5. The fourth-order valence-electron chi connectivity index (χ4n) is 1.77. The molecule has 0 aliphatic carbocycles. The summed E-state index contributed by atoms with van der Waals surface area (Å²) in [7, 11) is 0. The molecule has 22 heavy (non-hydrogen) atoms. The molecule has 2 aromatic carbocycles. The number of anilines is 1. The van der Waals surface area contributed by atoms with Crippen LogP contribution in [0.1, 0.15) is 15.9 Å². The minimum atomic E-state index is -0.361. The molecule has 2 rings (SSSR count). The minimum absolute atomic E-state index is 0.142. The minimum Gasteiger partial charge on any atom is -0.343 e. The maximum atomic E-state index is 11.9. The lowest BCUT2D eigenvalue weighted by Crippen LogP contribution is -2.32. The fourth-order valence-corrected chi connectivity index (χ4v) is 2.14. The van der Waals surface area contributed by atoms with Gasteiger partial charge in [0.25, 0.3) is 5.91 Å². The number of benzene rings is 2. The molecule has 2 N–H and O–H groups in total. The zero-order chi connectivity index (χ0) is 16.1. The van der Waals surface area contributed by atoms with Gasteiger partial charge < -0.3 is 10.6 Å². The molecule has 6 heteroatoms. The average Bonchev–Trinajstić information content (AvgIpc) is 2.48. The van der Waals surface area contributed by atoms with Crippen molar-refractivity contribution in [2.24, 2.45) is 0 Å². The van der Waals surface area contributed by atoms with Crippen LogP contribution in [-0.2, 0) is 4.79 Å². The number of amides is 2. The van der Waals surface area contributed by atoms with E-state index in [1.54, 1.807) is 30.3 Å². The Morgan fingerprint density at radius 1 is 1.09 bits per heavy atom. The van der Waals surface area contributed by atoms with Gasteiger partial charge in [-0.1, -0.05) is 35.3 Å². The van der Waals surface area contributed by atoms with E-state index in [-0.39, 0.29) is 18.4 Å². The van der Waals surface area contributed by atoms with E-state index < -0.39 is 0 Å². The fraction of sp³-hybridized carbons (Fsp3) is 0.125. The number of aryl methyl sites for hydroxylation is 1. The maximum absolute atomic E-state index is 11.9. The van der Waals surface area contributed by atoms with Crippen LogP contribution in [0.2, 0.25) is 10.0 Å². The molecule has 114 valence electrons. The Balaban J connectivity index is 1.90. The Kier molecular flexibility index (Phi) is 5.41. The summed E-state index contributed by atoms with van der Waals surface area (Å²) in [5.41, 5.74) is 1.91. The van der Waals surface area contributed by atoms with Gasteiger partial charge in [-0.15, -0.1) is 0 Å². The smallest absolute Gasteiger partial charge is 0.251 e. The molecule has 0 radical (unpaired) electrons. The molecule has 4 nitrogen and oxygen atoms in total. The van der Waals surface area contributed by atoms with Crippen molar-refractivity contribution in [1.29, 1.82) is 0 Å². The number of hydrogen-bond donors (Lipinski definition) is 2. The van der Waals surface area contributed by atoms with Crippen LogP contribution >= 0.6 is 23.2 Å². The second-order valence-electron chi connectivity index (χ2n) is 4.71. The molecular weight excluding hydrogens is 323 g/mol. The van der Waals surface area contributed by atoms with Gasteiger partial charge in [-0.05, 0) is 42.8 Å². The van der Waals surface area contributed by atoms with Crippen molar-refractivity contribution in [3.05, 3.63) is 63.6 Å². The third-order valence-electron chi connectivity index (χ3n) is 2.95. The standard InChI is InChI=1S/C16H14Cl2N2O2/c1-10-5-6-13(8-14(10)18)20-15(21)9-19-16(22)11-3-2-4-12(17)7-11/h2-8H,9H2,1H3,(H,19,22)(H,20,21). The van der Waals surface area contributed by atoms with E-state index in [0.717, 1.165) is 5.56 Å². The third kappa shape index (κ3) is 4.48. The predicted octanol–water partition coefficient (Wildman–Crippen LogP) is 3.67. The van der Waals surface area contributed by atoms with Crippen LogP contribution in [0.15, 0.2) is 42.5 Å². The predicted molar refractivity (Wildman–Crippen MR) is 88.6 cm³/mol. The molecular formula is C16H14Cl2N2O2. The quantitative estimate of drug-likeness (QED) is 0.894. The largest absolute Gasteiger partial charge is 0.343 e. The van der Waals surface area contributed by atoms with Crippen LogP contribution < -0.4 is 10.6 Å². The van der Waals surface area contributed by atoms with Gasteiger partial charge in [0.15, 0.2) is 0 Å². The van der Waals surface area contributed by atoms with E-state index in [4.69, 9.17) is 23.2 Å². The molecule has 0 heterocycles. The van der Waals surface area contributed by atoms with Crippen LogP contribution in [-0.4, -0.2) is 18.4 Å². The summed E-state index contributed by atoms with van der Waals surface area (Å²) in [5, 5.41) is 6.23. The normalized spacial score (nSPS) is 10.1. The van der Waals surface area contributed by atoms with E-state index >= 15 is 0 Å². The third-order valence-corrected chi connectivity index (χ3v) is 3.59. The highest BCUT2D eigenvalue weighted by Gasteiger charge is 2.09. The van der Waals surface area contributed by atoms with Gasteiger partial charge in [-0.2, -0.15) is 0 Å².